The second kappa shape index (κ2) is 71.5. The Morgan fingerprint density at radius 1 is 0.341 bits per heavy atom. The number of likely N-dealkylation sites (N-methyl/N-ethyl adjacent to an activating group) is 1. The third-order valence-corrected chi connectivity index (χ3v) is 16.2. The van der Waals surface area contributed by atoms with Gasteiger partial charge in [0.05, 0.1) is 34.4 Å². The van der Waals surface area contributed by atoms with Crippen LogP contribution in [-0.2, 0) is 33.3 Å². The van der Waals surface area contributed by atoms with Gasteiger partial charge in [-0.3, -0.25) is 9.59 Å². The number of carboxylic acid groups (broad SMARTS) is 1. The van der Waals surface area contributed by atoms with Crippen LogP contribution in [0.5, 0.6) is 0 Å². The standard InChI is InChI=1S/C82H141NO8/c1-6-8-10-12-14-16-18-20-22-24-26-28-30-32-34-36-38-40-42-44-46-48-50-52-54-56-58-60-62-64-66-68-70-72-79(84)89-76-78(77-90-82(81(86)87)88-75-74-83(3,4)5)91-80(85)73-71-69-67-65-63-61-59-57-55-53-51-49-47-45-43-41-39-37-35-33-31-29-27-25-23-21-19-17-15-13-11-9-7-2/h9,11,15,17-18,20-21,23-24,26-27,29,33,35,39,41,45,47,51,53,78,82H,6-8,10,12-14,16,19,22,25,28,30-32,34,36-38,40,42-44,46,48-50,52,54-77H2,1-5H3/p+1/b11-9-,17-15-,20-18-,23-21-,26-24-,29-27-,35-33-,41-39-,47-45-,53-51-. The molecular formula is C82H142NO8+. The normalized spacial score (nSPS) is 13.4. The third kappa shape index (κ3) is 73.0. The Balaban J connectivity index is 4.11. The fourth-order valence-electron chi connectivity index (χ4n) is 10.5. The summed E-state index contributed by atoms with van der Waals surface area (Å²) in [5, 5.41) is 9.76. The number of quaternary nitrogens is 1. The van der Waals surface area contributed by atoms with Crippen LogP contribution in [0.4, 0.5) is 0 Å². The highest BCUT2D eigenvalue weighted by Gasteiger charge is 2.25. The Kier molecular flexibility index (Phi) is 68.1. The summed E-state index contributed by atoms with van der Waals surface area (Å²) in [4.78, 5) is 37.7. The molecule has 0 spiro atoms. The molecule has 0 aliphatic heterocycles. The summed E-state index contributed by atoms with van der Waals surface area (Å²) < 4.78 is 23.0. The fraction of sp³-hybridized carbons (Fsp3) is 0.720. The maximum atomic E-state index is 13.0. The van der Waals surface area contributed by atoms with Crippen LogP contribution in [0.25, 0.3) is 0 Å². The first-order valence-electron chi connectivity index (χ1n) is 37.7. The van der Waals surface area contributed by atoms with Crippen molar-refractivity contribution in [3.05, 3.63) is 122 Å². The number of nitrogens with zero attached hydrogens (tertiary/aromatic N) is 1. The van der Waals surface area contributed by atoms with Crippen LogP contribution in [0, 0.1) is 0 Å². The maximum absolute atomic E-state index is 13.0. The monoisotopic (exact) mass is 1270 g/mol. The Morgan fingerprint density at radius 2 is 0.626 bits per heavy atom. The molecule has 0 aliphatic rings. The molecule has 0 heterocycles. The van der Waals surface area contributed by atoms with Crippen molar-refractivity contribution in [1.29, 1.82) is 0 Å². The van der Waals surface area contributed by atoms with Crippen LogP contribution in [-0.4, -0.2) is 87.4 Å². The smallest absolute Gasteiger partial charge is 0.361 e. The van der Waals surface area contributed by atoms with Crippen molar-refractivity contribution < 1.29 is 42.9 Å². The molecule has 0 saturated carbocycles. The predicted molar refractivity (Wildman–Crippen MR) is 391 cm³/mol. The molecule has 2 atom stereocenters. The fourth-order valence-corrected chi connectivity index (χ4v) is 10.5. The molecule has 0 bridgehead atoms. The molecular weight excluding hydrogens is 1130 g/mol. The number of unbranched alkanes of at least 4 members (excludes halogenated alkanes) is 34. The Morgan fingerprint density at radius 3 is 0.934 bits per heavy atom. The lowest BCUT2D eigenvalue weighted by molar-refractivity contribution is -0.870. The molecule has 0 aliphatic carbocycles. The van der Waals surface area contributed by atoms with Crippen molar-refractivity contribution in [3.8, 4) is 0 Å². The molecule has 91 heavy (non-hydrogen) atoms. The second-order valence-electron chi connectivity index (χ2n) is 26.2. The molecule has 0 aromatic carbocycles. The summed E-state index contributed by atoms with van der Waals surface area (Å²) in [5.41, 5.74) is 0. The van der Waals surface area contributed by atoms with Gasteiger partial charge in [-0.15, -0.1) is 0 Å². The first-order chi connectivity index (χ1) is 44.6. The van der Waals surface area contributed by atoms with Gasteiger partial charge in [0.15, 0.2) is 6.10 Å². The maximum Gasteiger partial charge on any atom is 0.361 e. The average molecular weight is 1270 g/mol. The number of carboxylic acids is 1. The summed E-state index contributed by atoms with van der Waals surface area (Å²) in [7, 11) is 5.98. The zero-order valence-electron chi connectivity index (χ0n) is 59.7. The van der Waals surface area contributed by atoms with Gasteiger partial charge in [-0.1, -0.05) is 322 Å². The van der Waals surface area contributed by atoms with E-state index in [0.717, 1.165) is 103 Å². The Bertz CT molecular complexity index is 1910. The van der Waals surface area contributed by atoms with Gasteiger partial charge >= 0.3 is 17.9 Å². The number of hydrogen-bond acceptors (Lipinski definition) is 7. The Hall–Kier alpha value is -4.31. The number of hydrogen-bond donors (Lipinski definition) is 1. The van der Waals surface area contributed by atoms with E-state index in [1.807, 2.05) is 21.1 Å². The topological polar surface area (TPSA) is 108 Å². The average Bonchev–Trinajstić information content (AvgIpc) is 3.46. The molecule has 0 saturated heterocycles. The minimum Gasteiger partial charge on any atom is -0.477 e. The van der Waals surface area contributed by atoms with Gasteiger partial charge in [0, 0.05) is 12.8 Å². The molecule has 522 valence electrons. The van der Waals surface area contributed by atoms with Crippen LogP contribution in [0.3, 0.4) is 0 Å². The van der Waals surface area contributed by atoms with E-state index in [9.17, 15) is 19.5 Å². The van der Waals surface area contributed by atoms with Crippen LogP contribution in [0.2, 0.25) is 0 Å². The van der Waals surface area contributed by atoms with Crippen molar-refractivity contribution in [2.24, 2.45) is 0 Å². The minimum atomic E-state index is -1.52. The van der Waals surface area contributed by atoms with Gasteiger partial charge in [-0.2, -0.15) is 0 Å². The lowest BCUT2D eigenvalue weighted by Crippen LogP contribution is -2.40. The molecule has 0 fully saturated rings. The number of esters is 2. The van der Waals surface area contributed by atoms with Gasteiger partial charge in [0.2, 0.25) is 0 Å². The zero-order chi connectivity index (χ0) is 66.1. The summed E-state index contributed by atoms with van der Waals surface area (Å²) in [6, 6.07) is 0. The SMILES string of the molecule is CC/C=C\C/C=C\C/C=C\C/C=C\C/C=C\C/C=C\C/C=C\C/C=C\CCCCCCCCCCC(=O)OC(COC(=O)CCCCCCCCCCCCCCCCCCCCCCC/C=C\C/C=C\CCCCCCC)COC(OCC[N+](C)(C)C)C(=O)O. The van der Waals surface area contributed by atoms with Gasteiger partial charge in [0.1, 0.15) is 13.2 Å². The highest BCUT2D eigenvalue weighted by molar-refractivity contribution is 5.71. The lowest BCUT2D eigenvalue weighted by atomic mass is 10.0. The van der Waals surface area contributed by atoms with Crippen LogP contribution in [0.1, 0.15) is 322 Å². The van der Waals surface area contributed by atoms with Crippen molar-refractivity contribution in [2.45, 2.75) is 334 Å². The molecule has 1 N–H and O–H groups in total. The van der Waals surface area contributed by atoms with Crippen molar-refractivity contribution in [2.75, 3.05) is 47.5 Å². The van der Waals surface area contributed by atoms with E-state index in [0.29, 0.717) is 23.9 Å². The van der Waals surface area contributed by atoms with E-state index >= 15 is 0 Å². The van der Waals surface area contributed by atoms with Crippen LogP contribution in [0.15, 0.2) is 122 Å². The molecule has 0 rings (SSSR count). The van der Waals surface area contributed by atoms with E-state index in [-0.39, 0.29) is 32.2 Å². The predicted octanol–water partition coefficient (Wildman–Crippen LogP) is 23.9. The van der Waals surface area contributed by atoms with Crippen molar-refractivity contribution in [3.63, 3.8) is 0 Å². The van der Waals surface area contributed by atoms with E-state index in [4.69, 9.17) is 18.9 Å². The highest BCUT2D eigenvalue weighted by Crippen LogP contribution is 2.18. The molecule has 9 heteroatoms. The number of carbonyl (C=O) groups is 3. The van der Waals surface area contributed by atoms with Gasteiger partial charge in [-0.25, -0.2) is 4.79 Å². The number of carbonyl (C=O) groups excluding carboxylic acids is 2. The summed E-state index contributed by atoms with van der Waals surface area (Å²) in [6.07, 6.45) is 99.0. The first-order valence-corrected chi connectivity index (χ1v) is 37.7. The summed E-state index contributed by atoms with van der Waals surface area (Å²) in [5.74, 6) is -2.01. The summed E-state index contributed by atoms with van der Waals surface area (Å²) >= 11 is 0. The molecule has 0 amide bonds. The van der Waals surface area contributed by atoms with Crippen molar-refractivity contribution >= 4 is 17.9 Å². The largest absolute Gasteiger partial charge is 0.477 e. The van der Waals surface area contributed by atoms with Crippen molar-refractivity contribution in [1.82, 2.24) is 0 Å². The van der Waals surface area contributed by atoms with E-state index in [1.54, 1.807) is 0 Å². The van der Waals surface area contributed by atoms with E-state index in [2.05, 4.69) is 135 Å². The third-order valence-electron chi connectivity index (χ3n) is 16.2. The Labute approximate surface area is 561 Å². The summed E-state index contributed by atoms with van der Waals surface area (Å²) in [6.45, 7) is 4.77. The highest BCUT2D eigenvalue weighted by atomic mass is 16.7. The molecule has 0 aromatic rings. The number of allylic oxidation sites excluding steroid dienone is 20. The molecule has 0 radical (unpaired) electrons. The van der Waals surface area contributed by atoms with Gasteiger partial charge in [0.25, 0.3) is 6.29 Å². The number of ether oxygens (including phenoxy) is 4. The molecule has 0 aromatic heterocycles. The van der Waals surface area contributed by atoms with E-state index in [1.165, 1.54) is 186 Å². The van der Waals surface area contributed by atoms with Crippen LogP contribution < -0.4 is 0 Å². The molecule has 2 unspecified atom stereocenters. The van der Waals surface area contributed by atoms with Gasteiger partial charge in [-0.05, 0) is 109 Å². The molecule has 9 nitrogen and oxygen atoms in total. The lowest BCUT2D eigenvalue weighted by Gasteiger charge is -2.25. The minimum absolute atomic E-state index is 0.182. The zero-order valence-corrected chi connectivity index (χ0v) is 59.7. The van der Waals surface area contributed by atoms with Gasteiger partial charge < -0.3 is 28.5 Å². The second-order valence-corrected chi connectivity index (χ2v) is 26.2. The quantitative estimate of drug-likeness (QED) is 0.0211. The first kappa shape index (κ1) is 86.7. The number of aliphatic carboxylic acids is 1. The van der Waals surface area contributed by atoms with E-state index < -0.39 is 24.3 Å². The number of rotatable bonds is 69. The van der Waals surface area contributed by atoms with Crippen LogP contribution >= 0.6 is 0 Å².